The molecule has 0 saturated heterocycles. The fraction of sp³-hybridized carbons (Fsp3) is 0.176. The van der Waals surface area contributed by atoms with Crippen LogP contribution in [0.25, 0.3) is 0 Å². The van der Waals surface area contributed by atoms with Gasteiger partial charge in [-0.25, -0.2) is 4.39 Å². The molecule has 5 heteroatoms. The number of nitrogens with zero attached hydrogens (tertiary/aromatic N) is 2. The number of non-ortho nitro benzene ring substituents is 1. The molecule has 0 spiro atoms. The number of nitro benzene ring substituents is 1. The zero-order valence-corrected chi connectivity index (χ0v) is 12.1. The molecule has 2 aromatic rings. The van der Waals surface area contributed by atoms with E-state index in [9.17, 15) is 14.5 Å². The van der Waals surface area contributed by atoms with Crippen LogP contribution in [-0.4, -0.2) is 16.4 Å². The number of nitro groups is 1. The lowest BCUT2D eigenvalue weighted by molar-refractivity contribution is -0.384. The van der Waals surface area contributed by atoms with E-state index in [-0.39, 0.29) is 11.5 Å². The van der Waals surface area contributed by atoms with Crippen LogP contribution < -0.4 is 0 Å². The van der Waals surface area contributed by atoms with Gasteiger partial charge in [0.25, 0.3) is 5.69 Å². The topological polar surface area (TPSA) is 46.4 Å². The molecule has 0 saturated carbocycles. The number of hydrogen-bond donors (Lipinski definition) is 0. The molecule has 0 bridgehead atoms. The first kappa shape index (κ1) is 15.9. The predicted molar refractivity (Wildman–Crippen MR) is 83.8 cm³/mol. The fourth-order valence-corrected chi connectivity index (χ4v) is 2.26. The van der Waals surface area contributed by atoms with Crippen molar-refractivity contribution in [1.82, 2.24) is 4.90 Å². The molecule has 2 rings (SSSR count). The van der Waals surface area contributed by atoms with E-state index in [1.54, 1.807) is 30.3 Å². The van der Waals surface area contributed by atoms with Crippen molar-refractivity contribution >= 4 is 5.69 Å². The molecule has 0 aliphatic carbocycles. The largest absolute Gasteiger partial charge is 0.291 e. The van der Waals surface area contributed by atoms with Crippen LogP contribution in [0.4, 0.5) is 10.1 Å². The Hall–Kier alpha value is -2.53. The van der Waals surface area contributed by atoms with Crippen molar-refractivity contribution in [2.45, 2.75) is 13.1 Å². The molecule has 0 aliphatic rings. The maximum absolute atomic E-state index is 13.8. The van der Waals surface area contributed by atoms with E-state index < -0.39 is 4.92 Å². The third kappa shape index (κ3) is 4.23. The van der Waals surface area contributed by atoms with Gasteiger partial charge < -0.3 is 0 Å². The summed E-state index contributed by atoms with van der Waals surface area (Å²) >= 11 is 0. The predicted octanol–water partition coefficient (Wildman–Crippen LogP) is 3.92. The van der Waals surface area contributed by atoms with E-state index in [1.165, 1.54) is 18.2 Å². The second-order valence-corrected chi connectivity index (χ2v) is 4.98. The summed E-state index contributed by atoms with van der Waals surface area (Å²) in [6, 6.07) is 13.1. The Bertz CT molecular complexity index is 673. The highest BCUT2D eigenvalue weighted by molar-refractivity contribution is 5.34. The Labute approximate surface area is 128 Å². The lowest BCUT2D eigenvalue weighted by Gasteiger charge is -2.21. The molecule has 4 nitrogen and oxygen atoms in total. The zero-order valence-electron chi connectivity index (χ0n) is 12.1. The van der Waals surface area contributed by atoms with E-state index in [2.05, 4.69) is 6.58 Å². The lowest BCUT2D eigenvalue weighted by atomic mass is 10.1. The Morgan fingerprint density at radius 3 is 2.64 bits per heavy atom. The first-order chi connectivity index (χ1) is 10.6. The third-order valence-corrected chi connectivity index (χ3v) is 3.27. The van der Waals surface area contributed by atoms with Gasteiger partial charge in [-0.05, 0) is 11.6 Å². The minimum absolute atomic E-state index is 0.0574. The van der Waals surface area contributed by atoms with Gasteiger partial charge in [-0.1, -0.05) is 36.4 Å². The molecule has 0 aliphatic heterocycles. The maximum atomic E-state index is 13.8. The van der Waals surface area contributed by atoms with Crippen LogP contribution in [0.3, 0.4) is 0 Å². The molecule has 0 unspecified atom stereocenters. The monoisotopic (exact) mass is 300 g/mol. The summed E-state index contributed by atoms with van der Waals surface area (Å²) in [7, 11) is 0. The second-order valence-electron chi connectivity index (χ2n) is 4.98. The normalized spacial score (nSPS) is 10.6. The summed E-state index contributed by atoms with van der Waals surface area (Å²) in [6.07, 6.45) is 1.73. The SMILES string of the molecule is C=CCN(Cc1cccc([N+](=O)[O-])c1)Cc1ccccc1F. The Kier molecular flexibility index (Phi) is 5.38. The number of benzene rings is 2. The Balaban J connectivity index is 2.15. The summed E-state index contributed by atoms with van der Waals surface area (Å²) < 4.78 is 13.8. The van der Waals surface area contributed by atoms with Gasteiger partial charge in [0.15, 0.2) is 0 Å². The highest BCUT2D eigenvalue weighted by Gasteiger charge is 2.11. The van der Waals surface area contributed by atoms with Crippen LogP contribution in [0.2, 0.25) is 0 Å². The van der Waals surface area contributed by atoms with Gasteiger partial charge in [-0.2, -0.15) is 0 Å². The van der Waals surface area contributed by atoms with Gasteiger partial charge in [-0.15, -0.1) is 6.58 Å². The van der Waals surface area contributed by atoms with Crippen LogP contribution in [0.1, 0.15) is 11.1 Å². The van der Waals surface area contributed by atoms with Crippen LogP contribution in [0, 0.1) is 15.9 Å². The van der Waals surface area contributed by atoms with Crippen molar-refractivity contribution in [3.8, 4) is 0 Å². The van der Waals surface area contributed by atoms with Gasteiger partial charge >= 0.3 is 0 Å². The van der Waals surface area contributed by atoms with Crippen molar-refractivity contribution in [2.24, 2.45) is 0 Å². The summed E-state index contributed by atoms with van der Waals surface area (Å²) in [6.45, 7) is 5.18. The highest BCUT2D eigenvalue weighted by atomic mass is 19.1. The second kappa shape index (κ2) is 7.47. The van der Waals surface area contributed by atoms with Gasteiger partial charge in [-0.3, -0.25) is 15.0 Å². The molecular weight excluding hydrogens is 283 g/mol. The Morgan fingerprint density at radius 2 is 1.95 bits per heavy atom. The standard InChI is InChI=1S/C17H17FN2O2/c1-2-10-19(13-15-7-3-4-9-17(15)18)12-14-6-5-8-16(11-14)20(21)22/h2-9,11H,1,10,12-13H2. The molecule has 0 amide bonds. The summed E-state index contributed by atoms with van der Waals surface area (Å²) in [5.74, 6) is -0.254. The molecule has 0 heterocycles. The van der Waals surface area contributed by atoms with Gasteiger partial charge in [0.2, 0.25) is 0 Å². The molecule has 22 heavy (non-hydrogen) atoms. The maximum Gasteiger partial charge on any atom is 0.269 e. The summed E-state index contributed by atoms with van der Waals surface area (Å²) in [5, 5.41) is 10.8. The average Bonchev–Trinajstić information content (AvgIpc) is 2.50. The number of halogens is 1. The quantitative estimate of drug-likeness (QED) is 0.442. The van der Waals surface area contributed by atoms with Crippen molar-refractivity contribution in [2.75, 3.05) is 6.54 Å². The zero-order chi connectivity index (χ0) is 15.9. The van der Waals surface area contributed by atoms with Gasteiger partial charge in [0.1, 0.15) is 5.82 Å². The van der Waals surface area contributed by atoms with E-state index in [1.807, 2.05) is 11.0 Å². The molecule has 0 fully saturated rings. The van der Waals surface area contributed by atoms with Gasteiger partial charge in [0, 0.05) is 37.3 Å². The smallest absolute Gasteiger partial charge is 0.269 e. The number of hydrogen-bond acceptors (Lipinski definition) is 3. The van der Waals surface area contributed by atoms with Crippen molar-refractivity contribution < 1.29 is 9.31 Å². The van der Waals surface area contributed by atoms with Crippen LogP contribution in [0.5, 0.6) is 0 Å². The molecule has 0 radical (unpaired) electrons. The van der Waals surface area contributed by atoms with E-state index in [0.717, 1.165) is 5.56 Å². The van der Waals surface area contributed by atoms with E-state index in [4.69, 9.17) is 0 Å². The average molecular weight is 300 g/mol. The third-order valence-electron chi connectivity index (χ3n) is 3.27. The minimum atomic E-state index is -0.418. The molecule has 0 N–H and O–H groups in total. The van der Waals surface area contributed by atoms with Crippen LogP contribution in [0.15, 0.2) is 61.2 Å². The van der Waals surface area contributed by atoms with Crippen LogP contribution >= 0.6 is 0 Å². The fourth-order valence-electron chi connectivity index (χ4n) is 2.26. The minimum Gasteiger partial charge on any atom is -0.291 e. The lowest BCUT2D eigenvalue weighted by Crippen LogP contribution is -2.23. The van der Waals surface area contributed by atoms with Gasteiger partial charge in [0.05, 0.1) is 4.92 Å². The van der Waals surface area contributed by atoms with Crippen molar-refractivity contribution in [1.29, 1.82) is 0 Å². The summed E-state index contributed by atoms with van der Waals surface area (Å²) in [5.41, 5.74) is 1.46. The highest BCUT2D eigenvalue weighted by Crippen LogP contribution is 2.17. The first-order valence-corrected chi connectivity index (χ1v) is 6.90. The van der Waals surface area contributed by atoms with Crippen molar-refractivity contribution in [3.05, 3.63) is 88.2 Å². The Morgan fingerprint density at radius 1 is 1.18 bits per heavy atom. The summed E-state index contributed by atoms with van der Waals surface area (Å²) in [4.78, 5) is 12.4. The molecule has 114 valence electrons. The molecule has 2 aromatic carbocycles. The van der Waals surface area contributed by atoms with E-state index >= 15 is 0 Å². The molecule has 0 aromatic heterocycles. The van der Waals surface area contributed by atoms with Crippen molar-refractivity contribution in [3.63, 3.8) is 0 Å². The molecule has 0 atom stereocenters. The first-order valence-electron chi connectivity index (χ1n) is 6.90. The number of rotatable bonds is 7. The molecular formula is C17H17FN2O2. The van der Waals surface area contributed by atoms with E-state index in [0.29, 0.717) is 25.2 Å². The van der Waals surface area contributed by atoms with Crippen LogP contribution in [-0.2, 0) is 13.1 Å².